The molecule has 2 aliphatic heterocycles. The molecule has 15 rings (SSSR count). The molecule has 402 valence electrons. The fourth-order valence-electron chi connectivity index (χ4n) is 12.3. The second-order valence-corrected chi connectivity index (χ2v) is 22.6. The normalized spacial score (nSPS) is 13.0. The van der Waals surface area contributed by atoms with Crippen LogP contribution in [0.25, 0.3) is 77.2 Å². The average Bonchev–Trinajstić information content (AvgIpc) is 1.50. The molecular weight excluding hydrogens is 1100 g/mol. The molecule has 11 aromatic carbocycles. The SMILES string of the molecule is N#Cc1c(-c2ccc3c(c2)Sc2ccccc2N3c2ccccc2)c(-n2c3ccccc3c3ccc(C(F)(F)F)cc32)c(C#N)c(-c2ccc3c(c2)Sc2ccccc2N3c2ccccc2)c1-n1c2ccccc2c2ccc(C(F)(F)F)cc21. The first-order chi connectivity index (χ1) is 40.9. The van der Waals surface area contributed by atoms with E-state index >= 15 is 26.3 Å². The Kier molecular flexibility index (Phi) is 11.6. The van der Waals surface area contributed by atoms with Crippen molar-refractivity contribution in [2.24, 2.45) is 0 Å². The van der Waals surface area contributed by atoms with Crippen LogP contribution in [0, 0.1) is 22.7 Å². The number of fused-ring (bicyclic) bond motifs is 10. The minimum absolute atomic E-state index is 0.0420. The van der Waals surface area contributed by atoms with Gasteiger partial charge >= 0.3 is 12.4 Å². The molecule has 0 aliphatic carbocycles. The van der Waals surface area contributed by atoms with E-state index in [1.54, 1.807) is 45.5 Å². The monoisotopic (exact) mass is 1140 g/mol. The zero-order chi connectivity index (χ0) is 57.2. The summed E-state index contributed by atoms with van der Waals surface area (Å²) in [6.45, 7) is 0. The molecule has 13 aromatic rings. The summed E-state index contributed by atoms with van der Waals surface area (Å²) >= 11 is 3.01. The molecule has 0 saturated heterocycles. The minimum atomic E-state index is -4.78. The van der Waals surface area contributed by atoms with Crippen LogP contribution in [0.5, 0.6) is 0 Å². The molecule has 0 fully saturated rings. The van der Waals surface area contributed by atoms with Crippen LogP contribution in [0.15, 0.2) is 250 Å². The number of benzene rings is 11. The molecule has 2 aliphatic rings. The lowest BCUT2D eigenvalue weighted by Crippen LogP contribution is -2.15. The van der Waals surface area contributed by atoms with Crippen LogP contribution >= 0.6 is 23.5 Å². The van der Waals surface area contributed by atoms with Crippen LogP contribution in [0.2, 0.25) is 0 Å². The lowest BCUT2D eigenvalue weighted by Gasteiger charge is -2.34. The van der Waals surface area contributed by atoms with Gasteiger partial charge in [-0.2, -0.15) is 36.9 Å². The molecule has 0 bridgehead atoms. The summed E-state index contributed by atoms with van der Waals surface area (Å²) in [5, 5.41) is 27.0. The Hall–Kier alpha value is -10.1. The molecule has 84 heavy (non-hydrogen) atoms. The van der Waals surface area contributed by atoms with Gasteiger partial charge in [0.05, 0.1) is 78.4 Å². The summed E-state index contributed by atoms with van der Waals surface area (Å²) in [4.78, 5) is 7.65. The number of halogens is 6. The van der Waals surface area contributed by atoms with Crippen LogP contribution in [-0.4, -0.2) is 9.13 Å². The number of hydrogen-bond acceptors (Lipinski definition) is 6. The van der Waals surface area contributed by atoms with Crippen molar-refractivity contribution in [3.63, 3.8) is 0 Å². The topological polar surface area (TPSA) is 63.9 Å². The molecule has 0 spiro atoms. The van der Waals surface area contributed by atoms with Crippen LogP contribution in [0.1, 0.15) is 22.3 Å². The van der Waals surface area contributed by atoms with E-state index in [9.17, 15) is 10.5 Å². The Balaban J connectivity index is 1.13. The first-order valence-corrected chi connectivity index (χ1v) is 28.3. The van der Waals surface area contributed by atoms with E-state index in [0.29, 0.717) is 43.7 Å². The number of aromatic nitrogens is 2. The summed E-state index contributed by atoms with van der Waals surface area (Å²) in [6.07, 6.45) is -9.56. The molecular formula is C70H38F6N6S2. The van der Waals surface area contributed by atoms with E-state index in [4.69, 9.17) is 0 Å². The van der Waals surface area contributed by atoms with Gasteiger partial charge in [-0.3, -0.25) is 0 Å². The first-order valence-electron chi connectivity index (χ1n) is 26.7. The average molecular weight is 1140 g/mol. The zero-order valence-electron chi connectivity index (χ0n) is 43.7. The Morgan fingerprint density at radius 2 is 0.690 bits per heavy atom. The second-order valence-electron chi connectivity index (χ2n) is 20.4. The Morgan fingerprint density at radius 1 is 0.333 bits per heavy atom. The highest BCUT2D eigenvalue weighted by atomic mass is 32.2. The number of nitrogens with zero attached hydrogens (tertiary/aromatic N) is 6. The summed E-state index contributed by atoms with van der Waals surface area (Å²) in [5.74, 6) is 0. The molecule has 0 amide bonds. The van der Waals surface area contributed by atoms with Crippen molar-refractivity contribution < 1.29 is 26.3 Å². The van der Waals surface area contributed by atoms with Crippen molar-refractivity contribution in [2.75, 3.05) is 9.80 Å². The van der Waals surface area contributed by atoms with E-state index in [1.165, 1.54) is 35.7 Å². The van der Waals surface area contributed by atoms with E-state index in [-0.39, 0.29) is 44.7 Å². The third-order valence-corrected chi connectivity index (χ3v) is 18.0. The largest absolute Gasteiger partial charge is 0.416 e. The molecule has 0 atom stereocenters. The molecule has 0 saturated carbocycles. The summed E-state index contributed by atoms with van der Waals surface area (Å²) in [5.41, 5.74) is 5.84. The van der Waals surface area contributed by atoms with Gasteiger partial charge in [0.2, 0.25) is 0 Å². The van der Waals surface area contributed by atoms with Crippen molar-refractivity contribution in [3.8, 4) is 45.8 Å². The van der Waals surface area contributed by atoms with Gasteiger partial charge in [-0.05, 0) is 120 Å². The number of para-hydroxylation sites is 6. The number of alkyl halides is 6. The van der Waals surface area contributed by atoms with Gasteiger partial charge in [0, 0.05) is 63.6 Å². The minimum Gasteiger partial charge on any atom is -0.308 e. The maximum Gasteiger partial charge on any atom is 0.416 e. The predicted octanol–water partition coefficient (Wildman–Crippen LogP) is 20.9. The van der Waals surface area contributed by atoms with Crippen molar-refractivity contribution in [1.29, 1.82) is 10.5 Å². The van der Waals surface area contributed by atoms with Crippen LogP contribution in [0.3, 0.4) is 0 Å². The summed E-state index contributed by atoms with van der Waals surface area (Å²) < 4.78 is 94.3. The first kappa shape index (κ1) is 50.8. The van der Waals surface area contributed by atoms with Crippen molar-refractivity contribution in [2.45, 2.75) is 31.9 Å². The zero-order valence-corrected chi connectivity index (χ0v) is 45.3. The van der Waals surface area contributed by atoms with Gasteiger partial charge in [0.15, 0.2) is 0 Å². The molecule has 0 N–H and O–H groups in total. The highest BCUT2D eigenvalue weighted by Crippen LogP contribution is 2.57. The number of nitriles is 2. The Labute approximate surface area is 484 Å². The lowest BCUT2D eigenvalue weighted by molar-refractivity contribution is -0.138. The fourth-order valence-corrected chi connectivity index (χ4v) is 14.5. The highest BCUT2D eigenvalue weighted by molar-refractivity contribution is 8.00. The quantitative estimate of drug-likeness (QED) is 0.155. The third kappa shape index (κ3) is 7.89. The molecule has 6 nitrogen and oxygen atoms in total. The van der Waals surface area contributed by atoms with E-state index < -0.39 is 23.5 Å². The van der Waals surface area contributed by atoms with E-state index in [1.807, 2.05) is 158 Å². The molecule has 0 radical (unpaired) electrons. The van der Waals surface area contributed by atoms with Gasteiger partial charge in [0.1, 0.15) is 12.1 Å². The van der Waals surface area contributed by atoms with Crippen molar-refractivity contribution in [3.05, 3.63) is 253 Å². The maximum atomic E-state index is 15.2. The smallest absolute Gasteiger partial charge is 0.308 e. The van der Waals surface area contributed by atoms with Gasteiger partial charge < -0.3 is 18.9 Å². The maximum absolute atomic E-state index is 15.2. The van der Waals surface area contributed by atoms with Gasteiger partial charge in [0.25, 0.3) is 0 Å². The Morgan fingerprint density at radius 3 is 1.10 bits per heavy atom. The molecule has 0 unspecified atom stereocenters. The number of anilines is 6. The Bertz CT molecular complexity index is 4680. The molecule has 14 heteroatoms. The van der Waals surface area contributed by atoms with E-state index in [0.717, 1.165) is 78.0 Å². The van der Waals surface area contributed by atoms with Gasteiger partial charge in [-0.1, -0.05) is 145 Å². The van der Waals surface area contributed by atoms with E-state index in [2.05, 4.69) is 21.9 Å². The second kappa shape index (κ2) is 19.2. The number of hydrogen-bond donors (Lipinski definition) is 0. The van der Waals surface area contributed by atoms with Crippen molar-refractivity contribution >= 4 is 101 Å². The number of rotatable bonds is 6. The summed E-state index contributed by atoms with van der Waals surface area (Å²) in [7, 11) is 0. The van der Waals surface area contributed by atoms with Gasteiger partial charge in [-0.25, -0.2) is 0 Å². The van der Waals surface area contributed by atoms with Crippen LogP contribution in [-0.2, 0) is 12.4 Å². The predicted molar refractivity (Wildman–Crippen MR) is 323 cm³/mol. The lowest BCUT2D eigenvalue weighted by atomic mass is 9.86. The van der Waals surface area contributed by atoms with Crippen molar-refractivity contribution in [1.82, 2.24) is 9.13 Å². The standard InChI is InChI=1S/C70H38F6N6S2/c71-69(72,73)43-29-31-49-47-19-7-9-21-53(47)81(59(49)37-43)67-52(40-78)66(42-28-34-58-64(36-42)84-62-26-14-12-24-56(62)80(58)46-17-5-2-6-18-46)68(82-54-22-10-8-20-48(54)50-32-30-44(38-60(50)82)70(74,75)76)51(39-77)65(67)41-27-33-57-63(35-41)83-61-25-13-11-23-55(61)79(57)45-15-3-1-4-16-45/h1-38H. The molecule has 4 heterocycles. The third-order valence-electron chi connectivity index (χ3n) is 15.8. The molecule has 2 aromatic heterocycles. The summed E-state index contributed by atoms with van der Waals surface area (Å²) in [6, 6.07) is 73.6. The van der Waals surface area contributed by atoms with Gasteiger partial charge in [-0.15, -0.1) is 0 Å². The fraction of sp³-hybridized carbons (Fsp3) is 0.0286. The van der Waals surface area contributed by atoms with Crippen LogP contribution in [0.4, 0.5) is 60.5 Å². The highest BCUT2D eigenvalue weighted by Gasteiger charge is 2.37. The van der Waals surface area contributed by atoms with Crippen LogP contribution < -0.4 is 9.80 Å².